The van der Waals surface area contributed by atoms with Crippen LogP contribution in [0, 0.1) is 0 Å². The third kappa shape index (κ3) is 3.50. The summed E-state index contributed by atoms with van der Waals surface area (Å²) in [5, 5.41) is 3.59. The van der Waals surface area contributed by atoms with Gasteiger partial charge in [0, 0.05) is 24.3 Å². The van der Waals surface area contributed by atoms with Crippen LogP contribution in [0.25, 0.3) is 0 Å². The Balaban J connectivity index is 2.08. The molecule has 1 fully saturated rings. The van der Waals surface area contributed by atoms with Gasteiger partial charge in [-0.05, 0) is 56.8 Å². The summed E-state index contributed by atoms with van der Waals surface area (Å²) in [6.07, 6.45) is 2.43. The van der Waals surface area contributed by atoms with Gasteiger partial charge in [-0.3, -0.25) is 0 Å². The normalized spacial score (nSPS) is 22.5. The van der Waals surface area contributed by atoms with Crippen molar-refractivity contribution in [2.75, 3.05) is 18.5 Å². The van der Waals surface area contributed by atoms with Crippen molar-refractivity contribution in [2.45, 2.75) is 58.0 Å². The molecule has 2 heteroatoms. The quantitative estimate of drug-likeness (QED) is 0.890. The highest BCUT2D eigenvalue weighted by Crippen LogP contribution is 2.27. The van der Waals surface area contributed by atoms with Crippen molar-refractivity contribution in [1.82, 2.24) is 5.32 Å². The van der Waals surface area contributed by atoms with Gasteiger partial charge in [-0.2, -0.15) is 0 Å². The molecule has 1 aromatic carbocycles. The Kier molecular flexibility index (Phi) is 4.19. The predicted molar refractivity (Wildman–Crippen MR) is 84.0 cm³/mol. The molecule has 1 aromatic rings. The molecule has 1 atom stereocenters. The maximum Gasteiger partial charge on any atom is 0.0366 e. The second-order valence-electron chi connectivity index (χ2n) is 6.81. The Labute approximate surface area is 118 Å². The van der Waals surface area contributed by atoms with E-state index in [9.17, 15) is 0 Å². The molecule has 2 rings (SSSR count). The van der Waals surface area contributed by atoms with Crippen LogP contribution in [0.3, 0.4) is 0 Å². The van der Waals surface area contributed by atoms with Gasteiger partial charge in [0.05, 0.1) is 0 Å². The van der Waals surface area contributed by atoms with Crippen molar-refractivity contribution in [1.29, 1.82) is 0 Å². The largest absolute Gasteiger partial charge is 0.371 e. The van der Waals surface area contributed by atoms with Gasteiger partial charge in [0.15, 0.2) is 0 Å². The molecule has 1 N–H and O–H groups in total. The Hall–Kier alpha value is -1.02. The first-order chi connectivity index (χ1) is 8.89. The minimum absolute atomic E-state index is 0.259. The number of rotatable bonds is 3. The zero-order valence-electron chi connectivity index (χ0n) is 13.0. The average molecular weight is 260 g/mol. The summed E-state index contributed by atoms with van der Waals surface area (Å²) in [5.74, 6) is 0.608. The zero-order valence-corrected chi connectivity index (χ0v) is 13.0. The van der Waals surface area contributed by atoms with Crippen molar-refractivity contribution in [3.63, 3.8) is 0 Å². The van der Waals surface area contributed by atoms with E-state index in [-0.39, 0.29) is 5.54 Å². The Bertz CT molecular complexity index is 406. The summed E-state index contributed by atoms with van der Waals surface area (Å²) < 4.78 is 0. The monoisotopic (exact) mass is 260 g/mol. The number of hydrogen-bond donors (Lipinski definition) is 1. The lowest BCUT2D eigenvalue weighted by Gasteiger charge is -2.41. The van der Waals surface area contributed by atoms with Crippen LogP contribution in [0.4, 0.5) is 5.69 Å². The SMILES string of the molecule is CC(C)c1ccc(N(C)C2CCNC(C)(C)C2)cc1. The topological polar surface area (TPSA) is 15.3 Å². The van der Waals surface area contributed by atoms with E-state index >= 15 is 0 Å². The molecule has 0 spiro atoms. The van der Waals surface area contributed by atoms with Gasteiger partial charge in [0.2, 0.25) is 0 Å². The third-order valence-electron chi connectivity index (χ3n) is 4.34. The molecule has 0 saturated carbocycles. The molecule has 1 saturated heterocycles. The number of nitrogens with zero attached hydrogens (tertiary/aromatic N) is 1. The van der Waals surface area contributed by atoms with Crippen molar-refractivity contribution in [2.24, 2.45) is 0 Å². The van der Waals surface area contributed by atoms with Crippen LogP contribution in [0.1, 0.15) is 52.0 Å². The van der Waals surface area contributed by atoms with Gasteiger partial charge in [-0.1, -0.05) is 26.0 Å². The highest BCUT2D eigenvalue weighted by molar-refractivity contribution is 5.48. The lowest BCUT2D eigenvalue weighted by atomic mass is 9.88. The highest BCUT2D eigenvalue weighted by Gasteiger charge is 2.29. The van der Waals surface area contributed by atoms with Crippen molar-refractivity contribution in [3.8, 4) is 0 Å². The summed E-state index contributed by atoms with van der Waals surface area (Å²) in [4.78, 5) is 2.45. The standard InChI is InChI=1S/C17H28N2/c1-13(2)14-6-8-15(9-7-14)19(5)16-10-11-18-17(3,4)12-16/h6-9,13,16,18H,10-12H2,1-5H3. The average Bonchev–Trinajstić information content (AvgIpc) is 2.37. The van der Waals surface area contributed by atoms with E-state index in [0.29, 0.717) is 12.0 Å². The van der Waals surface area contributed by atoms with Gasteiger partial charge >= 0.3 is 0 Å². The lowest BCUT2D eigenvalue weighted by Crippen LogP contribution is -2.52. The van der Waals surface area contributed by atoms with Crippen LogP contribution in [0.15, 0.2) is 24.3 Å². The first-order valence-electron chi connectivity index (χ1n) is 7.47. The maximum atomic E-state index is 3.59. The van der Waals surface area contributed by atoms with E-state index in [1.165, 1.54) is 24.1 Å². The Morgan fingerprint density at radius 3 is 2.37 bits per heavy atom. The minimum atomic E-state index is 0.259. The van der Waals surface area contributed by atoms with Crippen LogP contribution < -0.4 is 10.2 Å². The van der Waals surface area contributed by atoms with Crippen LogP contribution in [0.2, 0.25) is 0 Å². The number of anilines is 1. The minimum Gasteiger partial charge on any atom is -0.371 e. The molecule has 1 aliphatic rings. The molecule has 0 aliphatic carbocycles. The fourth-order valence-corrected chi connectivity index (χ4v) is 2.98. The molecular weight excluding hydrogens is 232 g/mol. The van der Waals surface area contributed by atoms with Gasteiger partial charge in [0.25, 0.3) is 0 Å². The van der Waals surface area contributed by atoms with E-state index in [1.807, 2.05) is 0 Å². The Morgan fingerprint density at radius 2 is 1.84 bits per heavy atom. The van der Waals surface area contributed by atoms with Crippen molar-refractivity contribution >= 4 is 5.69 Å². The first kappa shape index (κ1) is 14.4. The Morgan fingerprint density at radius 1 is 1.21 bits per heavy atom. The smallest absolute Gasteiger partial charge is 0.0366 e. The molecule has 1 aliphatic heterocycles. The molecule has 0 radical (unpaired) electrons. The molecule has 2 nitrogen and oxygen atoms in total. The third-order valence-corrected chi connectivity index (χ3v) is 4.34. The number of hydrogen-bond acceptors (Lipinski definition) is 2. The number of benzene rings is 1. The van der Waals surface area contributed by atoms with Crippen LogP contribution >= 0.6 is 0 Å². The lowest BCUT2D eigenvalue weighted by molar-refractivity contribution is 0.272. The number of nitrogens with one attached hydrogen (secondary N) is 1. The summed E-state index contributed by atoms with van der Waals surface area (Å²) >= 11 is 0. The molecule has 1 unspecified atom stereocenters. The summed E-state index contributed by atoms with van der Waals surface area (Å²) in [5.41, 5.74) is 3.02. The molecule has 1 heterocycles. The first-order valence-corrected chi connectivity index (χ1v) is 7.47. The van der Waals surface area contributed by atoms with E-state index < -0.39 is 0 Å². The van der Waals surface area contributed by atoms with E-state index in [0.717, 1.165) is 6.54 Å². The van der Waals surface area contributed by atoms with E-state index in [4.69, 9.17) is 0 Å². The molecule has 0 aromatic heterocycles. The zero-order chi connectivity index (χ0) is 14.0. The molecular formula is C17H28N2. The number of piperidine rings is 1. The van der Waals surface area contributed by atoms with Crippen LogP contribution in [-0.2, 0) is 0 Å². The fraction of sp³-hybridized carbons (Fsp3) is 0.647. The fourth-order valence-electron chi connectivity index (χ4n) is 2.98. The van der Waals surface area contributed by atoms with Crippen molar-refractivity contribution in [3.05, 3.63) is 29.8 Å². The summed E-state index contributed by atoms with van der Waals surface area (Å²) in [6, 6.07) is 9.71. The predicted octanol–water partition coefficient (Wildman–Crippen LogP) is 3.78. The van der Waals surface area contributed by atoms with E-state index in [1.54, 1.807) is 0 Å². The molecule has 106 valence electrons. The summed E-state index contributed by atoms with van der Waals surface area (Å²) in [6.45, 7) is 10.2. The van der Waals surface area contributed by atoms with Crippen LogP contribution in [0.5, 0.6) is 0 Å². The van der Waals surface area contributed by atoms with Gasteiger partial charge in [-0.15, -0.1) is 0 Å². The summed E-state index contributed by atoms with van der Waals surface area (Å²) in [7, 11) is 2.23. The second-order valence-corrected chi connectivity index (χ2v) is 6.81. The van der Waals surface area contributed by atoms with Crippen molar-refractivity contribution < 1.29 is 0 Å². The second kappa shape index (κ2) is 5.54. The van der Waals surface area contributed by atoms with Gasteiger partial charge in [0.1, 0.15) is 0 Å². The highest BCUT2D eigenvalue weighted by atomic mass is 15.2. The molecule has 0 bridgehead atoms. The van der Waals surface area contributed by atoms with Gasteiger partial charge in [-0.25, -0.2) is 0 Å². The molecule has 0 amide bonds. The van der Waals surface area contributed by atoms with Crippen LogP contribution in [-0.4, -0.2) is 25.2 Å². The maximum absolute atomic E-state index is 3.59. The van der Waals surface area contributed by atoms with Gasteiger partial charge < -0.3 is 10.2 Å². The van der Waals surface area contributed by atoms with E-state index in [2.05, 4.69) is 69.2 Å². The molecule has 19 heavy (non-hydrogen) atoms.